The highest BCUT2D eigenvalue weighted by atomic mass is 16.7. The Morgan fingerprint density at radius 3 is 2.00 bits per heavy atom. The average Bonchev–Trinajstić information content (AvgIpc) is 2.89. The maximum absolute atomic E-state index is 13.3. The molecule has 0 fully saturated rings. The van der Waals surface area contributed by atoms with Crippen LogP contribution in [0.15, 0.2) is 69.8 Å². The second-order valence-corrected chi connectivity index (χ2v) is 7.73. The first kappa shape index (κ1) is 26.7. The second-order valence-electron chi connectivity index (χ2n) is 7.73. The van der Waals surface area contributed by atoms with Crippen LogP contribution in [0.4, 0.5) is 0 Å². The molecule has 0 aromatic carbocycles. The lowest BCUT2D eigenvalue weighted by atomic mass is 9.91. The van der Waals surface area contributed by atoms with Crippen molar-refractivity contribution in [3.63, 3.8) is 0 Å². The molecule has 0 bridgehead atoms. The lowest BCUT2D eigenvalue weighted by Crippen LogP contribution is -2.49. The Labute approximate surface area is 210 Å². The Morgan fingerprint density at radius 2 is 1.41 bits per heavy atom. The van der Waals surface area contributed by atoms with Crippen LogP contribution in [0.25, 0.3) is 0 Å². The summed E-state index contributed by atoms with van der Waals surface area (Å²) in [7, 11) is 2.41. The smallest absolute Gasteiger partial charge is 0.283 e. The normalized spacial score (nSPS) is 14.4. The monoisotopic (exact) mass is 511 g/mol. The van der Waals surface area contributed by atoms with Crippen molar-refractivity contribution in [3.05, 3.63) is 92.3 Å². The number of rotatable bonds is 9. The molecule has 1 unspecified atom stereocenters. The number of hydrogen-bond acceptors (Lipinski definition) is 8. The maximum Gasteiger partial charge on any atom is 0.283 e. The average molecular weight is 511 g/mol. The summed E-state index contributed by atoms with van der Waals surface area (Å²) in [6.07, 6.45) is 4.31. The fourth-order valence-electron chi connectivity index (χ4n) is 3.50. The fourth-order valence-corrected chi connectivity index (χ4v) is 3.50. The van der Waals surface area contributed by atoms with Crippen molar-refractivity contribution >= 4 is 23.5 Å². The number of nitrogens with one attached hydrogen (secondary N) is 2. The second kappa shape index (κ2) is 11.7. The molecule has 2 aromatic heterocycles. The predicted octanol–water partition coefficient (Wildman–Crippen LogP) is -1.27. The SMILES string of the molecule is COn1c(C(=O)NCN(CNC(=O)C2=CC=CC(=O)C2C)C(=O)c2cccc(=O)n2OC)cccc1=O. The van der Waals surface area contributed by atoms with E-state index in [-0.39, 0.29) is 22.7 Å². The molecule has 1 aliphatic carbocycles. The zero-order valence-electron chi connectivity index (χ0n) is 20.3. The highest BCUT2D eigenvalue weighted by Crippen LogP contribution is 2.17. The Balaban J connectivity index is 1.85. The molecule has 3 amide bonds. The van der Waals surface area contributed by atoms with Gasteiger partial charge in [-0.15, -0.1) is 9.46 Å². The van der Waals surface area contributed by atoms with Crippen molar-refractivity contribution in [2.75, 3.05) is 27.6 Å². The van der Waals surface area contributed by atoms with Gasteiger partial charge in [0.2, 0.25) is 5.91 Å². The lowest BCUT2D eigenvalue weighted by Gasteiger charge is -2.25. The maximum atomic E-state index is 13.3. The first-order chi connectivity index (χ1) is 17.7. The van der Waals surface area contributed by atoms with E-state index in [2.05, 4.69) is 10.6 Å². The largest absolute Gasteiger partial charge is 0.413 e. The summed E-state index contributed by atoms with van der Waals surface area (Å²) in [5.74, 6) is -3.03. The van der Waals surface area contributed by atoms with E-state index in [9.17, 15) is 28.8 Å². The van der Waals surface area contributed by atoms with Gasteiger partial charge < -0.3 is 25.2 Å². The van der Waals surface area contributed by atoms with Gasteiger partial charge in [-0.05, 0) is 18.2 Å². The Kier molecular flexibility index (Phi) is 8.40. The summed E-state index contributed by atoms with van der Waals surface area (Å²) < 4.78 is 1.53. The number of amides is 3. The molecule has 0 aliphatic heterocycles. The van der Waals surface area contributed by atoms with Crippen LogP contribution in [-0.2, 0) is 9.59 Å². The van der Waals surface area contributed by atoms with Crippen LogP contribution < -0.4 is 31.4 Å². The van der Waals surface area contributed by atoms with E-state index in [1.807, 2.05) is 0 Å². The molecule has 2 aromatic rings. The van der Waals surface area contributed by atoms with Crippen LogP contribution in [0, 0.1) is 5.92 Å². The van der Waals surface area contributed by atoms with Crippen molar-refractivity contribution < 1.29 is 28.9 Å². The van der Waals surface area contributed by atoms with Crippen LogP contribution in [0.2, 0.25) is 0 Å². The molecule has 1 atom stereocenters. The van der Waals surface area contributed by atoms with Crippen molar-refractivity contribution in [2.24, 2.45) is 5.92 Å². The molecular weight excluding hydrogens is 486 g/mol. The summed E-state index contributed by atoms with van der Waals surface area (Å²) in [5.41, 5.74) is -1.30. The molecule has 2 N–H and O–H groups in total. The Bertz CT molecular complexity index is 1400. The third-order valence-corrected chi connectivity index (χ3v) is 5.48. The highest BCUT2D eigenvalue weighted by Gasteiger charge is 2.26. The number of carbonyl (C=O) groups is 4. The van der Waals surface area contributed by atoms with Crippen molar-refractivity contribution in [1.82, 2.24) is 25.0 Å². The number of allylic oxidation sites excluding steroid dienone is 3. The van der Waals surface area contributed by atoms with Crippen molar-refractivity contribution in [3.8, 4) is 0 Å². The third kappa shape index (κ3) is 5.83. The third-order valence-electron chi connectivity index (χ3n) is 5.48. The van der Waals surface area contributed by atoms with E-state index in [1.165, 1.54) is 68.8 Å². The van der Waals surface area contributed by atoms with Gasteiger partial charge in [-0.25, -0.2) is 0 Å². The number of carbonyl (C=O) groups excluding carboxylic acids is 4. The summed E-state index contributed by atoms with van der Waals surface area (Å²) in [6, 6.07) is 7.79. The molecule has 3 rings (SSSR count). The molecule has 0 radical (unpaired) electrons. The van der Waals surface area contributed by atoms with Gasteiger partial charge >= 0.3 is 0 Å². The summed E-state index contributed by atoms with van der Waals surface area (Å²) in [4.78, 5) is 85.8. The molecule has 13 nitrogen and oxygen atoms in total. The topological polar surface area (TPSA) is 158 Å². The quantitative estimate of drug-likeness (QED) is 0.395. The van der Waals surface area contributed by atoms with E-state index < -0.39 is 48.1 Å². The van der Waals surface area contributed by atoms with Gasteiger partial charge in [-0.3, -0.25) is 28.8 Å². The van der Waals surface area contributed by atoms with Gasteiger partial charge in [-0.1, -0.05) is 31.2 Å². The van der Waals surface area contributed by atoms with Gasteiger partial charge in [0, 0.05) is 23.6 Å². The molecule has 194 valence electrons. The fraction of sp³-hybridized carbons (Fsp3) is 0.250. The number of hydrogen-bond donors (Lipinski definition) is 2. The van der Waals surface area contributed by atoms with Crippen LogP contribution in [0.3, 0.4) is 0 Å². The van der Waals surface area contributed by atoms with Gasteiger partial charge in [0.25, 0.3) is 22.9 Å². The molecule has 0 saturated carbocycles. The molecule has 0 spiro atoms. The minimum atomic E-state index is -0.765. The van der Waals surface area contributed by atoms with Crippen molar-refractivity contribution in [2.45, 2.75) is 6.92 Å². The zero-order chi connectivity index (χ0) is 27.1. The lowest BCUT2D eigenvalue weighted by molar-refractivity contribution is -0.122. The van der Waals surface area contributed by atoms with Crippen LogP contribution in [0.1, 0.15) is 27.9 Å². The molecular formula is C24H25N5O8. The van der Waals surface area contributed by atoms with Gasteiger partial charge in [0.05, 0.1) is 13.3 Å². The minimum Gasteiger partial charge on any atom is -0.413 e. The van der Waals surface area contributed by atoms with Crippen LogP contribution in [0.5, 0.6) is 0 Å². The van der Waals surface area contributed by atoms with Crippen LogP contribution in [-0.4, -0.2) is 65.4 Å². The highest BCUT2D eigenvalue weighted by molar-refractivity contribution is 6.06. The van der Waals surface area contributed by atoms with Gasteiger partial charge in [0.15, 0.2) is 5.78 Å². The molecule has 1 aliphatic rings. The van der Waals surface area contributed by atoms with E-state index in [0.717, 1.165) is 14.4 Å². The van der Waals surface area contributed by atoms with E-state index >= 15 is 0 Å². The van der Waals surface area contributed by atoms with Crippen LogP contribution >= 0.6 is 0 Å². The van der Waals surface area contributed by atoms with Gasteiger partial charge in [0.1, 0.15) is 25.6 Å². The number of ketones is 1. The Morgan fingerprint density at radius 1 is 0.865 bits per heavy atom. The number of aromatic nitrogens is 2. The molecule has 2 heterocycles. The molecule has 13 heteroatoms. The van der Waals surface area contributed by atoms with E-state index in [0.29, 0.717) is 0 Å². The number of pyridine rings is 2. The zero-order valence-corrected chi connectivity index (χ0v) is 20.3. The minimum absolute atomic E-state index is 0.133. The predicted molar refractivity (Wildman–Crippen MR) is 129 cm³/mol. The standard InChI is InChI=1S/C24H25N5O8/c1-15-16(7-4-10-19(15)30)22(33)25-13-27(24(35)18-9-6-12-21(32)29(18)37-3)14-26-23(34)17-8-5-11-20(31)28(17)36-2/h4-12,15H,13-14H2,1-3H3,(H,25,33)(H,26,34). The van der Waals surface area contributed by atoms with Gasteiger partial charge in [-0.2, -0.15) is 0 Å². The van der Waals surface area contributed by atoms with E-state index in [4.69, 9.17) is 9.68 Å². The first-order valence-electron chi connectivity index (χ1n) is 11.0. The van der Waals surface area contributed by atoms with E-state index in [1.54, 1.807) is 6.92 Å². The Hall–Kier alpha value is -4.94. The molecule has 0 saturated heterocycles. The molecule has 37 heavy (non-hydrogen) atoms. The summed E-state index contributed by atoms with van der Waals surface area (Å²) >= 11 is 0. The summed E-state index contributed by atoms with van der Waals surface area (Å²) in [6.45, 7) is 0.736. The number of nitrogens with zero attached hydrogens (tertiary/aromatic N) is 3. The first-order valence-corrected chi connectivity index (χ1v) is 11.0. The summed E-state index contributed by atoms with van der Waals surface area (Å²) in [5, 5.41) is 5.04. The van der Waals surface area contributed by atoms with Crippen molar-refractivity contribution in [1.29, 1.82) is 0 Å².